The molecule has 0 spiro atoms. The zero-order chi connectivity index (χ0) is 19.1. The number of rotatable bonds is 8. The average molecular weight is 366 g/mol. The van der Waals surface area contributed by atoms with Crippen molar-refractivity contribution in [2.24, 2.45) is 0 Å². The number of hydrogen-bond donors (Lipinski definition) is 1. The molecule has 1 amide bonds. The number of ether oxygens (including phenoxy) is 2. The monoisotopic (exact) mass is 366 g/mol. The number of carbonyl (C=O) groups excluding carboxylic acids is 1. The van der Waals surface area contributed by atoms with Crippen LogP contribution in [-0.4, -0.2) is 33.9 Å². The van der Waals surface area contributed by atoms with Crippen LogP contribution in [0.2, 0.25) is 0 Å². The SMILES string of the molecule is CCOc1ccc(C(=O)Nc2ncn(Cc3ccccc3)n2)cc1OCC. The first kappa shape index (κ1) is 18.4. The molecule has 0 unspecified atom stereocenters. The Labute approximate surface area is 158 Å². The third-order valence-electron chi connectivity index (χ3n) is 3.75. The van der Waals surface area contributed by atoms with Crippen LogP contribution in [0.3, 0.4) is 0 Å². The summed E-state index contributed by atoms with van der Waals surface area (Å²) in [5.41, 5.74) is 1.55. The molecule has 1 N–H and O–H groups in total. The Kier molecular flexibility index (Phi) is 6.04. The quantitative estimate of drug-likeness (QED) is 0.661. The van der Waals surface area contributed by atoms with Gasteiger partial charge in [0.05, 0.1) is 19.8 Å². The summed E-state index contributed by atoms with van der Waals surface area (Å²) in [7, 11) is 0. The number of benzene rings is 2. The summed E-state index contributed by atoms with van der Waals surface area (Å²) < 4.78 is 12.8. The van der Waals surface area contributed by atoms with E-state index in [1.807, 2.05) is 44.2 Å². The van der Waals surface area contributed by atoms with E-state index >= 15 is 0 Å². The van der Waals surface area contributed by atoms with E-state index in [4.69, 9.17) is 9.47 Å². The molecule has 0 saturated heterocycles. The number of anilines is 1. The van der Waals surface area contributed by atoms with E-state index in [1.54, 1.807) is 29.2 Å². The first-order chi connectivity index (χ1) is 13.2. The van der Waals surface area contributed by atoms with E-state index in [-0.39, 0.29) is 11.9 Å². The van der Waals surface area contributed by atoms with Gasteiger partial charge < -0.3 is 9.47 Å². The second kappa shape index (κ2) is 8.84. The molecule has 0 bridgehead atoms. The van der Waals surface area contributed by atoms with Gasteiger partial charge in [-0.25, -0.2) is 9.67 Å². The molecule has 0 aliphatic rings. The van der Waals surface area contributed by atoms with Crippen LogP contribution in [0.5, 0.6) is 11.5 Å². The van der Waals surface area contributed by atoms with E-state index in [0.717, 1.165) is 5.56 Å². The highest BCUT2D eigenvalue weighted by Gasteiger charge is 2.13. The third kappa shape index (κ3) is 4.84. The van der Waals surface area contributed by atoms with E-state index in [1.165, 1.54) is 0 Å². The maximum Gasteiger partial charge on any atom is 0.258 e. The third-order valence-corrected chi connectivity index (χ3v) is 3.75. The summed E-state index contributed by atoms with van der Waals surface area (Å²) in [6.07, 6.45) is 1.59. The van der Waals surface area contributed by atoms with Crippen molar-refractivity contribution in [3.63, 3.8) is 0 Å². The molecule has 1 aromatic heterocycles. The lowest BCUT2D eigenvalue weighted by Crippen LogP contribution is -2.14. The summed E-state index contributed by atoms with van der Waals surface area (Å²) >= 11 is 0. The molecule has 0 saturated carbocycles. The number of aromatic nitrogens is 3. The van der Waals surface area contributed by atoms with Crippen molar-refractivity contribution in [2.45, 2.75) is 20.4 Å². The minimum atomic E-state index is -0.309. The van der Waals surface area contributed by atoms with Crippen LogP contribution in [0.1, 0.15) is 29.8 Å². The van der Waals surface area contributed by atoms with Crippen molar-refractivity contribution in [1.29, 1.82) is 0 Å². The van der Waals surface area contributed by atoms with E-state index in [9.17, 15) is 4.79 Å². The molecule has 0 atom stereocenters. The molecule has 140 valence electrons. The van der Waals surface area contributed by atoms with Gasteiger partial charge in [-0.05, 0) is 37.6 Å². The lowest BCUT2D eigenvalue weighted by atomic mass is 10.2. The van der Waals surface area contributed by atoms with Crippen molar-refractivity contribution in [3.05, 3.63) is 66.0 Å². The molecule has 3 rings (SSSR count). The predicted octanol–water partition coefficient (Wildman–Crippen LogP) is 3.38. The fraction of sp³-hybridized carbons (Fsp3) is 0.250. The second-order valence-electron chi connectivity index (χ2n) is 5.73. The van der Waals surface area contributed by atoms with Crippen LogP contribution in [0.4, 0.5) is 5.95 Å². The van der Waals surface area contributed by atoms with Gasteiger partial charge in [0.15, 0.2) is 11.5 Å². The maximum absolute atomic E-state index is 12.5. The highest BCUT2D eigenvalue weighted by atomic mass is 16.5. The Balaban J connectivity index is 1.69. The number of hydrogen-bond acceptors (Lipinski definition) is 5. The molecule has 27 heavy (non-hydrogen) atoms. The van der Waals surface area contributed by atoms with Gasteiger partial charge >= 0.3 is 0 Å². The van der Waals surface area contributed by atoms with Gasteiger partial charge in [-0.3, -0.25) is 10.1 Å². The van der Waals surface area contributed by atoms with Crippen LogP contribution in [0, 0.1) is 0 Å². The van der Waals surface area contributed by atoms with E-state index < -0.39 is 0 Å². The smallest absolute Gasteiger partial charge is 0.258 e. The molecule has 0 radical (unpaired) electrons. The van der Waals surface area contributed by atoms with Crippen molar-refractivity contribution < 1.29 is 14.3 Å². The topological polar surface area (TPSA) is 78.3 Å². The Morgan fingerprint density at radius 1 is 1.04 bits per heavy atom. The average Bonchev–Trinajstić information content (AvgIpc) is 3.11. The zero-order valence-corrected chi connectivity index (χ0v) is 15.4. The minimum Gasteiger partial charge on any atom is -0.490 e. The van der Waals surface area contributed by atoms with Crippen LogP contribution < -0.4 is 14.8 Å². The first-order valence-corrected chi connectivity index (χ1v) is 8.84. The largest absolute Gasteiger partial charge is 0.490 e. The summed E-state index contributed by atoms with van der Waals surface area (Å²) in [5.74, 6) is 1.09. The van der Waals surface area contributed by atoms with Gasteiger partial charge in [-0.1, -0.05) is 30.3 Å². The summed E-state index contributed by atoms with van der Waals surface area (Å²) in [4.78, 5) is 16.7. The molecule has 1 heterocycles. The molecule has 0 fully saturated rings. The molecule has 2 aromatic carbocycles. The van der Waals surface area contributed by atoms with E-state index in [0.29, 0.717) is 36.8 Å². The lowest BCUT2D eigenvalue weighted by Gasteiger charge is -2.12. The van der Waals surface area contributed by atoms with Crippen LogP contribution in [0.25, 0.3) is 0 Å². The summed E-state index contributed by atoms with van der Waals surface area (Å²) in [6.45, 7) is 5.37. The minimum absolute atomic E-state index is 0.253. The maximum atomic E-state index is 12.5. The van der Waals surface area contributed by atoms with Crippen LogP contribution >= 0.6 is 0 Å². The van der Waals surface area contributed by atoms with Gasteiger partial charge in [0.25, 0.3) is 5.91 Å². The molecule has 7 nitrogen and oxygen atoms in total. The molecular formula is C20H22N4O3. The fourth-order valence-electron chi connectivity index (χ4n) is 2.56. The van der Waals surface area contributed by atoms with E-state index in [2.05, 4.69) is 15.4 Å². The van der Waals surface area contributed by atoms with Crippen molar-refractivity contribution in [1.82, 2.24) is 14.8 Å². The molecule has 3 aromatic rings. The van der Waals surface area contributed by atoms with Crippen molar-refractivity contribution >= 4 is 11.9 Å². The van der Waals surface area contributed by atoms with Crippen molar-refractivity contribution in [2.75, 3.05) is 18.5 Å². The Hall–Kier alpha value is -3.35. The number of nitrogens with one attached hydrogen (secondary N) is 1. The normalized spacial score (nSPS) is 10.4. The molecule has 0 aliphatic heterocycles. The van der Waals surface area contributed by atoms with Crippen LogP contribution in [-0.2, 0) is 6.54 Å². The number of amides is 1. The van der Waals surface area contributed by atoms with Gasteiger partial charge in [-0.15, -0.1) is 5.10 Å². The molecule has 0 aliphatic carbocycles. The van der Waals surface area contributed by atoms with Crippen molar-refractivity contribution in [3.8, 4) is 11.5 Å². The van der Waals surface area contributed by atoms with Gasteiger partial charge in [0, 0.05) is 5.56 Å². The highest BCUT2D eigenvalue weighted by Crippen LogP contribution is 2.28. The molecular weight excluding hydrogens is 344 g/mol. The summed E-state index contributed by atoms with van der Waals surface area (Å²) in [5, 5.41) is 7.00. The standard InChI is InChI=1S/C20H22N4O3/c1-3-26-17-11-10-16(12-18(17)27-4-2)19(25)22-20-21-14-24(23-20)13-15-8-6-5-7-9-15/h5-12,14H,3-4,13H2,1-2H3,(H,22,23,25). The van der Waals surface area contributed by atoms with Gasteiger partial charge in [-0.2, -0.15) is 0 Å². The van der Waals surface area contributed by atoms with Crippen LogP contribution in [0.15, 0.2) is 54.9 Å². The van der Waals surface area contributed by atoms with Gasteiger partial charge in [0.1, 0.15) is 6.33 Å². The fourth-order valence-corrected chi connectivity index (χ4v) is 2.56. The molecule has 7 heteroatoms. The van der Waals surface area contributed by atoms with Gasteiger partial charge in [0.2, 0.25) is 5.95 Å². The highest BCUT2D eigenvalue weighted by molar-refractivity contribution is 6.03. The number of carbonyl (C=O) groups is 1. The Morgan fingerprint density at radius 2 is 1.78 bits per heavy atom. The zero-order valence-electron chi connectivity index (χ0n) is 15.4. The Bertz CT molecular complexity index is 893. The summed E-state index contributed by atoms with van der Waals surface area (Å²) in [6, 6.07) is 15.0. The lowest BCUT2D eigenvalue weighted by molar-refractivity contribution is 0.102. The number of nitrogens with zero attached hydrogens (tertiary/aromatic N) is 3. The first-order valence-electron chi connectivity index (χ1n) is 8.84. The predicted molar refractivity (Wildman–Crippen MR) is 102 cm³/mol. The second-order valence-corrected chi connectivity index (χ2v) is 5.73. The Morgan fingerprint density at radius 3 is 2.52 bits per heavy atom.